The number of aliphatic imine (C=N–C) groups is 2. The number of imidazole rings is 1. The van der Waals surface area contributed by atoms with E-state index in [1.807, 2.05) is 117 Å². The molecule has 9 aromatic heterocycles. The lowest BCUT2D eigenvalue weighted by molar-refractivity contribution is 0.843. The average molecular weight is 925 g/mol. The third-order valence-electron chi connectivity index (χ3n) is 11.1. The molecule has 2 aromatic carbocycles. The topological polar surface area (TPSA) is 182 Å². The minimum Gasteiger partial charge on any atom is -0.351 e. The van der Waals surface area contributed by atoms with Crippen LogP contribution in [0.1, 0.15) is 0 Å². The molecule has 4 aliphatic rings. The predicted octanol–water partition coefficient (Wildman–Crippen LogP) is 10.9. The van der Waals surface area contributed by atoms with E-state index < -0.39 is 0 Å². The van der Waals surface area contributed by atoms with Crippen molar-refractivity contribution in [1.82, 2.24) is 59.8 Å². The van der Waals surface area contributed by atoms with Crippen molar-refractivity contribution in [2.24, 2.45) is 15.9 Å². The maximum absolute atomic E-state index is 4.39. The van der Waals surface area contributed by atoms with Gasteiger partial charge < -0.3 is 4.98 Å². The Morgan fingerprint density at radius 1 is 0.423 bits per heavy atom. The largest absolute Gasteiger partial charge is 0.351 e. The molecule has 342 valence electrons. The zero-order valence-corrected chi connectivity index (χ0v) is 38.2. The maximum atomic E-state index is 4.39. The molecule has 1 atom stereocenters. The van der Waals surface area contributed by atoms with Crippen molar-refractivity contribution in [3.63, 3.8) is 0 Å². The van der Waals surface area contributed by atoms with E-state index in [0.717, 1.165) is 17.3 Å². The van der Waals surface area contributed by atoms with Crippen LogP contribution >= 0.6 is 0 Å². The highest BCUT2D eigenvalue weighted by molar-refractivity contribution is 6.06. The SMILES string of the molecule is C1=CC2=C3C(=CC=C4C=NC=C1C43)CN=C2.c1c[nH]cn1.c1cc2c(ccc3cnccc32)cn1.c1cc2cc3cnccc3cc2cn1.c1cc2cnccc2cn1.c1cnccn1.c1cncnc1. The summed E-state index contributed by atoms with van der Waals surface area (Å²) in [5.74, 6) is 0.407. The number of hydrogen-bond donors (Lipinski definition) is 1. The van der Waals surface area contributed by atoms with Crippen molar-refractivity contribution in [2.75, 3.05) is 6.54 Å². The fourth-order valence-electron chi connectivity index (χ4n) is 7.82. The lowest BCUT2D eigenvalue weighted by Gasteiger charge is -2.33. The zero-order chi connectivity index (χ0) is 48.1. The molecule has 14 heteroatoms. The van der Waals surface area contributed by atoms with Gasteiger partial charge in [-0.2, -0.15) is 0 Å². The minimum absolute atomic E-state index is 0.407. The quantitative estimate of drug-likeness (QED) is 0.113. The molecule has 11 heterocycles. The highest BCUT2D eigenvalue weighted by Gasteiger charge is 2.32. The van der Waals surface area contributed by atoms with Gasteiger partial charge >= 0.3 is 0 Å². The number of benzene rings is 2. The number of rotatable bonds is 0. The standard InChI is InChI=1S/C14H10N2.2C12H8N2.C8H6N2.2C4H4N2.C3H4N2/c1-2-10-6-16-8-12-4-3-11-7-15-5-9(1)13(11)14(10)12;1-3-13-7-11-6-10-2-4-14-8-12(10)5-9(1)11;1-2-10-8-14-6-4-12(10)11-3-5-13-7-9(1)11;1-3-9-6-8-2-4-10-5-7(1)8;1-2-6-4-3-5-1;1-2-5-4-6-3-1;1-2-5-3-4-1/h1-7,13H,8H2;2*1-8H;1-6H;2*1-4H;1-3H,(H,4,5). The Kier molecular flexibility index (Phi) is 15.7. The van der Waals surface area contributed by atoms with E-state index in [4.69, 9.17) is 0 Å². The van der Waals surface area contributed by atoms with Gasteiger partial charge in [0, 0.05) is 181 Å². The highest BCUT2D eigenvalue weighted by atomic mass is 14.8. The molecule has 1 unspecified atom stereocenters. The normalized spacial score (nSPS) is 14.0. The molecule has 71 heavy (non-hydrogen) atoms. The first-order valence-electron chi connectivity index (χ1n) is 22.5. The fourth-order valence-corrected chi connectivity index (χ4v) is 7.82. The molecule has 11 aromatic rings. The molecule has 2 aliphatic heterocycles. The third kappa shape index (κ3) is 12.3. The summed E-state index contributed by atoms with van der Waals surface area (Å²) in [6.07, 6.45) is 53.1. The van der Waals surface area contributed by atoms with Crippen LogP contribution in [0.3, 0.4) is 0 Å². The van der Waals surface area contributed by atoms with Gasteiger partial charge in [0.2, 0.25) is 0 Å². The van der Waals surface area contributed by atoms with Gasteiger partial charge in [0.05, 0.1) is 12.9 Å². The minimum atomic E-state index is 0.407. The molecule has 0 spiro atoms. The van der Waals surface area contributed by atoms with Crippen molar-refractivity contribution in [3.05, 3.63) is 262 Å². The number of nitrogens with one attached hydrogen (secondary N) is 1. The Balaban J connectivity index is 0.000000106. The van der Waals surface area contributed by atoms with E-state index in [1.54, 1.807) is 74.4 Å². The molecule has 0 radical (unpaired) electrons. The molecule has 1 N–H and O–H groups in total. The number of dihydropyridines is 1. The van der Waals surface area contributed by atoms with Crippen molar-refractivity contribution < 1.29 is 0 Å². The van der Waals surface area contributed by atoms with Crippen LogP contribution in [-0.2, 0) is 0 Å². The van der Waals surface area contributed by atoms with Gasteiger partial charge in [-0.15, -0.1) is 0 Å². The second-order valence-electron chi connectivity index (χ2n) is 15.6. The molecular weight excluding hydrogens is 881 g/mol. The van der Waals surface area contributed by atoms with Crippen LogP contribution < -0.4 is 0 Å². The van der Waals surface area contributed by atoms with Crippen LogP contribution in [0.4, 0.5) is 0 Å². The predicted molar refractivity (Wildman–Crippen MR) is 282 cm³/mol. The van der Waals surface area contributed by atoms with Crippen LogP contribution in [-0.4, -0.2) is 78.8 Å². The Morgan fingerprint density at radius 3 is 1.46 bits per heavy atom. The summed E-state index contributed by atoms with van der Waals surface area (Å²) in [7, 11) is 0. The molecule has 15 rings (SSSR count). The van der Waals surface area contributed by atoms with Gasteiger partial charge in [0.1, 0.15) is 6.33 Å². The van der Waals surface area contributed by atoms with Gasteiger partial charge in [0.25, 0.3) is 0 Å². The number of fused-ring (bicyclic) bond motifs is 6. The van der Waals surface area contributed by atoms with Gasteiger partial charge in [-0.1, -0.05) is 36.4 Å². The summed E-state index contributed by atoms with van der Waals surface area (Å²) in [4.78, 5) is 54.3. The summed E-state index contributed by atoms with van der Waals surface area (Å²) in [6, 6.07) is 22.2. The Morgan fingerprint density at radius 2 is 0.972 bits per heavy atom. The fraction of sp³-hybridized carbons (Fsp3) is 0.0351. The number of aromatic amines is 1. The number of aromatic nitrogens is 12. The smallest absolute Gasteiger partial charge is 0.115 e. The van der Waals surface area contributed by atoms with E-state index in [0.29, 0.717) is 5.92 Å². The first-order chi connectivity index (χ1) is 35.3. The summed E-state index contributed by atoms with van der Waals surface area (Å²) in [5, 5.41) is 11.9. The highest BCUT2D eigenvalue weighted by Crippen LogP contribution is 2.43. The molecule has 0 bridgehead atoms. The van der Waals surface area contributed by atoms with Crippen LogP contribution in [0.25, 0.3) is 53.9 Å². The van der Waals surface area contributed by atoms with Crippen molar-refractivity contribution in [1.29, 1.82) is 0 Å². The monoisotopic (exact) mass is 924 g/mol. The van der Waals surface area contributed by atoms with Gasteiger partial charge in [-0.05, 0) is 104 Å². The summed E-state index contributed by atoms with van der Waals surface area (Å²) in [5.41, 5.74) is 6.66. The van der Waals surface area contributed by atoms with Crippen LogP contribution in [0, 0.1) is 5.92 Å². The molecule has 0 saturated heterocycles. The molecule has 0 amide bonds. The Bertz CT molecular complexity index is 3360. The van der Waals surface area contributed by atoms with Gasteiger partial charge in [-0.25, -0.2) is 15.0 Å². The van der Waals surface area contributed by atoms with E-state index in [9.17, 15) is 0 Å². The zero-order valence-electron chi connectivity index (χ0n) is 38.2. The number of nitrogens with zero attached hydrogens (tertiary/aromatic N) is 13. The average Bonchev–Trinajstić information content (AvgIpc) is 4.07. The van der Waals surface area contributed by atoms with Gasteiger partial charge in [0.15, 0.2) is 0 Å². The number of allylic oxidation sites excluding steroid dienone is 7. The maximum Gasteiger partial charge on any atom is 0.115 e. The molecule has 0 fully saturated rings. The molecule has 14 nitrogen and oxygen atoms in total. The summed E-state index contributed by atoms with van der Waals surface area (Å²) >= 11 is 0. The molecule has 0 saturated carbocycles. The second kappa shape index (κ2) is 24.2. The number of pyridine rings is 6. The lowest BCUT2D eigenvalue weighted by Crippen LogP contribution is -2.24. The van der Waals surface area contributed by atoms with E-state index in [-0.39, 0.29) is 0 Å². The van der Waals surface area contributed by atoms with Crippen molar-refractivity contribution >= 4 is 66.3 Å². The van der Waals surface area contributed by atoms with Crippen molar-refractivity contribution in [2.45, 2.75) is 0 Å². The Labute approximate surface area is 408 Å². The Hall–Kier alpha value is -9.95. The van der Waals surface area contributed by atoms with Crippen molar-refractivity contribution in [3.8, 4) is 0 Å². The first kappa shape index (κ1) is 46.2. The second-order valence-corrected chi connectivity index (χ2v) is 15.6. The third-order valence-corrected chi connectivity index (χ3v) is 11.1. The van der Waals surface area contributed by atoms with E-state index in [1.165, 1.54) is 77.3 Å². The molecular formula is C57H44N14. The van der Waals surface area contributed by atoms with Crippen LogP contribution in [0.15, 0.2) is 272 Å². The number of hydrogen-bond acceptors (Lipinski definition) is 13. The first-order valence-corrected chi connectivity index (χ1v) is 22.5. The van der Waals surface area contributed by atoms with Crippen LogP contribution in [0.2, 0.25) is 0 Å². The van der Waals surface area contributed by atoms with E-state index in [2.05, 4.69) is 118 Å². The van der Waals surface area contributed by atoms with Crippen LogP contribution in [0.5, 0.6) is 0 Å². The van der Waals surface area contributed by atoms with E-state index >= 15 is 0 Å². The summed E-state index contributed by atoms with van der Waals surface area (Å²) in [6.45, 7) is 0.817. The summed E-state index contributed by atoms with van der Waals surface area (Å²) < 4.78 is 0. The lowest BCUT2D eigenvalue weighted by atomic mass is 9.72. The van der Waals surface area contributed by atoms with Gasteiger partial charge in [-0.3, -0.25) is 49.9 Å². The number of H-pyrrole nitrogens is 1. The molecule has 2 aliphatic carbocycles.